The number of nitrogens with zero attached hydrogens (tertiary/aromatic N) is 1. The molecule has 1 radical (unpaired) electrons. The molecule has 0 saturated carbocycles. The van der Waals surface area contributed by atoms with E-state index in [1.54, 1.807) is 12.3 Å². The van der Waals surface area contributed by atoms with Gasteiger partial charge < -0.3 is 20.3 Å². The number of hydrogen-bond donors (Lipinski definition) is 3. The number of methoxy groups -OCH3 is 1. The van der Waals surface area contributed by atoms with E-state index in [9.17, 15) is 10.2 Å². The van der Waals surface area contributed by atoms with Crippen LogP contribution in [0, 0.1) is 0 Å². The van der Waals surface area contributed by atoms with Crippen LogP contribution in [0.4, 0.5) is 0 Å². The van der Waals surface area contributed by atoms with E-state index in [4.69, 9.17) is 4.74 Å². The zero-order valence-corrected chi connectivity index (χ0v) is 22.6. The number of rotatable bonds is 9. The van der Waals surface area contributed by atoms with Gasteiger partial charge in [-0.2, -0.15) is 0 Å². The molecule has 4 rings (SSSR count). The number of benzene rings is 2. The molecule has 0 amide bonds. The van der Waals surface area contributed by atoms with E-state index in [1.165, 1.54) is 20.0 Å². The van der Waals surface area contributed by atoms with E-state index in [2.05, 4.69) is 17.2 Å². The number of phenols is 2. The summed E-state index contributed by atoms with van der Waals surface area (Å²) in [7, 11) is 1.53. The molecule has 1 aliphatic rings. The molecule has 1 aliphatic heterocycles. The number of pyridine rings is 1. The maximum absolute atomic E-state index is 11.5. The zero-order valence-electron chi connectivity index (χ0n) is 20.6. The first-order valence-electron chi connectivity index (χ1n) is 11.9. The van der Waals surface area contributed by atoms with Crippen LogP contribution in [0.3, 0.4) is 0 Å². The van der Waals surface area contributed by atoms with Crippen molar-refractivity contribution < 1.29 is 32.0 Å². The number of aromatic hydroxyl groups is 2. The summed E-state index contributed by atoms with van der Waals surface area (Å²) in [4.78, 5) is 4.50. The summed E-state index contributed by atoms with van der Waals surface area (Å²) in [5.74, 6) is 0.633. The van der Waals surface area contributed by atoms with Crippen molar-refractivity contribution >= 4 is 18.1 Å². The van der Waals surface area contributed by atoms with E-state index in [0.29, 0.717) is 16.9 Å². The standard InChI is InChI=1S/C29H32N2O3.ClH.Mn/c1-3-4-5-6-12-21-13-9-14-22(27(21)32)29(23-15-10-18-26(34-2)28(23)33)19-11-17-25(31-29)24-16-7-8-20-30-24;;/h7-11,13-20,31-33H,3-6,12H2,1-2H3;1H;. The van der Waals surface area contributed by atoms with Gasteiger partial charge in [-0.05, 0) is 48.8 Å². The van der Waals surface area contributed by atoms with Gasteiger partial charge in [0.15, 0.2) is 11.5 Å². The number of halogens is 1. The molecular formula is C29H33ClMnN2O3. The second kappa shape index (κ2) is 13.4. The topological polar surface area (TPSA) is 74.6 Å². The molecule has 0 aliphatic carbocycles. The zero-order chi connectivity index (χ0) is 24.0. The molecule has 0 saturated heterocycles. The van der Waals surface area contributed by atoms with Crippen LogP contribution in [-0.2, 0) is 29.0 Å². The summed E-state index contributed by atoms with van der Waals surface area (Å²) in [5.41, 5.74) is 2.69. The van der Waals surface area contributed by atoms with Gasteiger partial charge in [0.25, 0.3) is 0 Å². The molecule has 1 unspecified atom stereocenters. The number of allylic oxidation sites excluding steroid dienone is 2. The van der Waals surface area contributed by atoms with Crippen LogP contribution in [0.1, 0.15) is 55.0 Å². The molecule has 3 N–H and O–H groups in total. The van der Waals surface area contributed by atoms with Gasteiger partial charge >= 0.3 is 0 Å². The van der Waals surface area contributed by atoms with Gasteiger partial charge in [-0.25, -0.2) is 0 Å². The Morgan fingerprint density at radius 3 is 2.36 bits per heavy atom. The second-order valence-corrected chi connectivity index (χ2v) is 8.57. The van der Waals surface area contributed by atoms with Gasteiger partial charge in [0, 0.05) is 34.4 Å². The van der Waals surface area contributed by atoms with E-state index in [-0.39, 0.29) is 41.0 Å². The van der Waals surface area contributed by atoms with Crippen molar-refractivity contribution in [1.82, 2.24) is 10.3 Å². The number of aryl methyl sites for hydroxylation is 1. The summed E-state index contributed by atoms with van der Waals surface area (Å²) in [6.07, 6.45) is 12.9. The predicted molar refractivity (Wildman–Crippen MR) is 143 cm³/mol. The van der Waals surface area contributed by atoms with Crippen LogP contribution >= 0.6 is 12.4 Å². The van der Waals surface area contributed by atoms with E-state index >= 15 is 0 Å². The third kappa shape index (κ3) is 5.89. The third-order valence-electron chi connectivity index (χ3n) is 6.37. The van der Waals surface area contributed by atoms with Gasteiger partial charge in [0.1, 0.15) is 11.3 Å². The first kappa shape index (κ1) is 29.3. The molecule has 1 atom stereocenters. The van der Waals surface area contributed by atoms with Crippen molar-refractivity contribution in [2.24, 2.45) is 0 Å². The number of hydrogen-bond acceptors (Lipinski definition) is 5. The van der Waals surface area contributed by atoms with E-state index < -0.39 is 5.54 Å². The van der Waals surface area contributed by atoms with Crippen LogP contribution in [0.5, 0.6) is 17.2 Å². The second-order valence-electron chi connectivity index (χ2n) is 8.57. The Balaban J connectivity index is 0.00000228. The largest absolute Gasteiger partial charge is 0.507 e. The minimum Gasteiger partial charge on any atom is -0.507 e. The van der Waals surface area contributed by atoms with Gasteiger partial charge in [-0.3, -0.25) is 4.98 Å². The molecule has 5 nitrogen and oxygen atoms in total. The predicted octanol–water partition coefficient (Wildman–Crippen LogP) is 6.49. The number of dihydropyridines is 1. The Hall–Kier alpha value is -2.92. The number of para-hydroxylation sites is 2. The summed E-state index contributed by atoms with van der Waals surface area (Å²) in [6.45, 7) is 2.19. The Morgan fingerprint density at radius 2 is 1.67 bits per heavy atom. The molecule has 1 aromatic heterocycles. The van der Waals surface area contributed by atoms with Gasteiger partial charge in [0.05, 0.1) is 18.5 Å². The first-order chi connectivity index (χ1) is 16.6. The van der Waals surface area contributed by atoms with Crippen molar-refractivity contribution in [3.05, 3.63) is 101 Å². The Kier molecular flexibility index (Phi) is 10.9. The molecule has 2 heterocycles. The molecule has 0 spiro atoms. The fourth-order valence-electron chi connectivity index (χ4n) is 4.57. The number of aromatic nitrogens is 1. The molecule has 2 aromatic carbocycles. The molecule has 7 heteroatoms. The summed E-state index contributed by atoms with van der Waals surface area (Å²) < 4.78 is 5.41. The van der Waals surface area contributed by atoms with Crippen LogP contribution in [-0.4, -0.2) is 22.3 Å². The average Bonchev–Trinajstić information content (AvgIpc) is 2.88. The molecule has 0 fully saturated rings. The van der Waals surface area contributed by atoms with Gasteiger partial charge in [0.2, 0.25) is 0 Å². The number of nitrogens with one attached hydrogen (secondary N) is 1. The number of ether oxygens (including phenoxy) is 1. The Labute approximate surface area is 230 Å². The summed E-state index contributed by atoms with van der Waals surface area (Å²) in [5, 5.41) is 26.2. The van der Waals surface area contributed by atoms with Crippen LogP contribution in [0.2, 0.25) is 0 Å². The average molecular weight is 548 g/mol. The summed E-state index contributed by atoms with van der Waals surface area (Å²) >= 11 is 0. The van der Waals surface area contributed by atoms with Crippen LogP contribution in [0.15, 0.2) is 79.0 Å². The maximum Gasteiger partial charge on any atom is 0.164 e. The minimum atomic E-state index is -1.02. The molecule has 36 heavy (non-hydrogen) atoms. The van der Waals surface area contributed by atoms with E-state index in [0.717, 1.165) is 36.2 Å². The Morgan fingerprint density at radius 1 is 0.917 bits per heavy atom. The third-order valence-corrected chi connectivity index (χ3v) is 6.37. The molecular weight excluding hydrogens is 515 g/mol. The fourth-order valence-corrected chi connectivity index (χ4v) is 4.57. The van der Waals surface area contributed by atoms with Gasteiger partial charge in [-0.15, -0.1) is 12.4 Å². The molecule has 3 aromatic rings. The summed E-state index contributed by atoms with van der Waals surface area (Å²) in [6, 6.07) is 17.0. The minimum absolute atomic E-state index is 0. The quantitative estimate of drug-likeness (QED) is 0.211. The first-order valence-corrected chi connectivity index (χ1v) is 11.9. The van der Waals surface area contributed by atoms with E-state index in [1.807, 2.05) is 66.8 Å². The van der Waals surface area contributed by atoms with Crippen LogP contribution < -0.4 is 10.1 Å². The van der Waals surface area contributed by atoms with Crippen molar-refractivity contribution in [2.75, 3.05) is 7.11 Å². The monoisotopic (exact) mass is 547 g/mol. The number of phenolic OH excluding ortho intramolecular Hbond substituents is 2. The molecule has 0 bridgehead atoms. The molecule has 191 valence electrons. The Bertz CT molecular complexity index is 1200. The van der Waals surface area contributed by atoms with Crippen molar-refractivity contribution in [3.63, 3.8) is 0 Å². The fraction of sp³-hybridized carbons (Fsp3) is 0.276. The number of unbranched alkanes of at least 4 members (excludes halogenated alkanes) is 3. The smallest absolute Gasteiger partial charge is 0.164 e. The van der Waals surface area contributed by atoms with Crippen molar-refractivity contribution in [2.45, 2.75) is 44.6 Å². The maximum atomic E-state index is 11.5. The van der Waals surface area contributed by atoms with Crippen molar-refractivity contribution in [3.8, 4) is 17.2 Å². The van der Waals surface area contributed by atoms with Crippen molar-refractivity contribution in [1.29, 1.82) is 0 Å². The SMILES string of the molecule is CCCCCCc1cccc(C2(c3cccc(OC)c3O)C=CC=C(c3ccccn3)N2)c1O.Cl.[Mn]. The van der Waals surface area contributed by atoms with Crippen LogP contribution in [0.25, 0.3) is 5.70 Å². The van der Waals surface area contributed by atoms with Gasteiger partial charge in [-0.1, -0.05) is 68.7 Å². The normalized spacial score (nSPS) is 16.2.